The van der Waals surface area contributed by atoms with Crippen LogP contribution in [-0.4, -0.2) is 47.0 Å². The quantitative estimate of drug-likeness (QED) is 0.546. The summed E-state index contributed by atoms with van der Waals surface area (Å²) in [6.45, 7) is 3.25. The van der Waals surface area contributed by atoms with Gasteiger partial charge in [-0.05, 0) is 57.8 Å². The number of rotatable bonds is 8. The van der Waals surface area contributed by atoms with E-state index in [2.05, 4.69) is 17.3 Å². The van der Waals surface area contributed by atoms with Crippen LogP contribution in [0.3, 0.4) is 0 Å². The lowest BCUT2D eigenvalue weighted by atomic mass is 9.94. The Bertz CT molecular complexity index is 895. The number of piperidine rings is 1. The highest BCUT2D eigenvalue weighted by molar-refractivity contribution is 5.76. The molecule has 152 valence electrons. The number of nitrogens with one attached hydrogen (secondary N) is 1. The summed E-state index contributed by atoms with van der Waals surface area (Å²) in [5, 5.41) is 13.8. The van der Waals surface area contributed by atoms with Crippen LogP contribution in [-0.2, 0) is 11.3 Å². The standard InChI is InChI=1S/C19H26N4O5/c1-21-11-7-14(8-12-21)6-9-20-18(24)3-2-10-22-16-5-4-15(23(26)27)13-17(16)28-19(22)25/h4-5,13-14H,2-3,6-12H2,1H3,(H,20,24). The summed E-state index contributed by atoms with van der Waals surface area (Å²) in [4.78, 5) is 36.6. The summed E-state index contributed by atoms with van der Waals surface area (Å²) in [6, 6.07) is 4.08. The molecule has 2 heterocycles. The SMILES string of the molecule is CN1CCC(CCNC(=O)CCCn2c(=O)oc3cc([N+](=O)[O-])ccc32)CC1. The summed E-state index contributed by atoms with van der Waals surface area (Å²) in [7, 11) is 2.13. The number of fused-ring (bicyclic) bond motifs is 1. The Kier molecular flexibility index (Phi) is 6.45. The first-order valence-corrected chi connectivity index (χ1v) is 9.67. The normalized spacial score (nSPS) is 15.8. The Morgan fingerprint density at radius 3 is 2.82 bits per heavy atom. The minimum absolute atomic E-state index is 0.0237. The van der Waals surface area contributed by atoms with E-state index in [0.717, 1.165) is 19.5 Å². The topological polar surface area (TPSA) is 111 Å². The molecule has 1 fully saturated rings. The van der Waals surface area contributed by atoms with Gasteiger partial charge in [0.15, 0.2) is 5.58 Å². The Morgan fingerprint density at radius 1 is 1.36 bits per heavy atom. The number of amides is 1. The minimum Gasteiger partial charge on any atom is -0.407 e. The molecule has 1 aromatic carbocycles. The number of carbonyl (C=O) groups is 1. The average molecular weight is 390 g/mol. The Labute approximate surface area is 162 Å². The van der Waals surface area contributed by atoms with Crippen molar-refractivity contribution >= 4 is 22.7 Å². The second-order valence-corrected chi connectivity index (χ2v) is 7.42. The number of aryl methyl sites for hydroxylation is 1. The van der Waals surface area contributed by atoms with Gasteiger partial charge >= 0.3 is 5.76 Å². The second-order valence-electron chi connectivity index (χ2n) is 7.42. The van der Waals surface area contributed by atoms with Crippen molar-refractivity contribution in [2.24, 2.45) is 5.92 Å². The number of aromatic nitrogens is 1. The van der Waals surface area contributed by atoms with Crippen molar-refractivity contribution in [3.05, 3.63) is 38.9 Å². The summed E-state index contributed by atoms with van der Waals surface area (Å²) in [5.41, 5.74) is 0.553. The van der Waals surface area contributed by atoms with Gasteiger partial charge in [0, 0.05) is 25.6 Å². The number of nitro groups is 1. The van der Waals surface area contributed by atoms with Crippen LogP contribution >= 0.6 is 0 Å². The molecule has 28 heavy (non-hydrogen) atoms. The van der Waals surface area contributed by atoms with E-state index in [0.29, 0.717) is 37.4 Å². The lowest BCUT2D eigenvalue weighted by Gasteiger charge is -2.28. The van der Waals surface area contributed by atoms with Gasteiger partial charge in [-0.25, -0.2) is 4.79 Å². The third-order valence-corrected chi connectivity index (χ3v) is 5.36. The molecule has 9 heteroatoms. The molecule has 9 nitrogen and oxygen atoms in total. The van der Waals surface area contributed by atoms with Crippen LogP contribution in [0.15, 0.2) is 27.4 Å². The van der Waals surface area contributed by atoms with Crippen LogP contribution in [0.4, 0.5) is 5.69 Å². The molecule has 1 N–H and O–H groups in total. The number of non-ortho nitro benzene ring substituents is 1. The largest absolute Gasteiger partial charge is 0.419 e. The number of benzene rings is 1. The van der Waals surface area contributed by atoms with Gasteiger partial charge in [-0.3, -0.25) is 19.5 Å². The van der Waals surface area contributed by atoms with Crippen LogP contribution in [0, 0.1) is 16.0 Å². The molecular formula is C19H26N4O5. The molecule has 1 amide bonds. The van der Waals surface area contributed by atoms with Crippen LogP contribution in [0.2, 0.25) is 0 Å². The van der Waals surface area contributed by atoms with Crippen molar-refractivity contribution in [1.82, 2.24) is 14.8 Å². The van der Waals surface area contributed by atoms with Crippen molar-refractivity contribution < 1.29 is 14.1 Å². The van der Waals surface area contributed by atoms with E-state index in [4.69, 9.17) is 4.42 Å². The van der Waals surface area contributed by atoms with Gasteiger partial charge in [0.05, 0.1) is 16.5 Å². The van der Waals surface area contributed by atoms with Crippen molar-refractivity contribution in [2.45, 2.75) is 38.6 Å². The number of likely N-dealkylation sites (tertiary alicyclic amines) is 1. The van der Waals surface area contributed by atoms with Crippen LogP contribution in [0.25, 0.3) is 11.1 Å². The Morgan fingerprint density at radius 2 is 2.11 bits per heavy atom. The zero-order valence-electron chi connectivity index (χ0n) is 16.1. The number of oxazole rings is 1. The summed E-state index contributed by atoms with van der Waals surface area (Å²) >= 11 is 0. The number of carbonyl (C=O) groups excluding carboxylic acids is 1. The molecule has 3 rings (SSSR count). The molecule has 1 aliphatic rings. The van der Waals surface area contributed by atoms with E-state index in [9.17, 15) is 19.7 Å². The number of hydrogen-bond donors (Lipinski definition) is 1. The molecule has 0 radical (unpaired) electrons. The van der Waals surface area contributed by atoms with E-state index < -0.39 is 10.7 Å². The van der Waals surface area contributed by atoms with Crippen molar-refractivity contribution in [2.75, 3.05) is 26.7 Å². The van der Waals surface area contributed by atoms with E-state index in [1.54, 1.807) is 0 Å². The molecule has 0 unspecified atom stereocenters. The number of nitrogens with zero attached hydrogens (tertiary/aromatic N) is 3. The van der Waals surface area contributed by atoms with Crippen molar-refractivity contribution in [3.63, 3.8) is 0 Å². The maximum Gasteiger partial charge on any atom is 0.419 e. The number of hydrogen-bond acceptors (Lipinski definition) is 6. The fourth-order valence-corrected chi connectivity index (χ4v) is 3.63. The van der Waals surface area contributed by atoms with Gasteiger partial charge in [-0.2, -0.15) is 0 Å². The van der Waals surface area contributed by atoms with Crippen LogP contribution in [0.1, 0.15) is 32.1 Å². The van der Waals surface area contributed by atoms with Crippen LogP contribution < -0.4 is 11.1 Å². The predicted octanol–water partition coefficient (Wildman–Crippen LogP) is 2.13. The molecule has 1 aromatic heterocycles. The summed E-state index contributed by atoms with van der Waals surface area (Å²) in [6.07, 6.45) is 4.18. The first-order chi connectivity index (χ1) is 13.4. The predicted molar refractivity (Wildman–Crippen MR) is 104 cm³/mol. The van der Waals surface area contributed by atoms with Gasteiger partial charge in [0.1, 0.15) is 0 Å². The van der Waals surface area contributed by atoms with Gasteiger partial charge < -0.3 is 14.6 Å². The highest BCUT2D eigenvalue weighted by Crippen LogP contribution is 2.20. The molecule has 0 bridgehead atoms. The van der Waals surface area contributed by atoms with Gasteiger partial charge in [0.2, 0.25) is 5.91 Å². The third kappa shape index (κ3) is 4.98. The average Bonchev–Trinajstić information content (AvgIpc) is 2.98. The zero-order valence-corrected chi connectivity index (χ0v) is 16.1. The maximum absolute atomic E-state index is 12.0. The highest BCUT2D eigenvalue weighted by atomic mass is 16.6. The van der Waals surface area contributed by atoms with Gasteiger partial charge in [0.25, 0.3) is 5.69 Å². The molecule has 0 spiro atoms. The van der Waals surface area contributed by atoms with E-state index in [1.807, 2.05) is 0 Å². The molecular weight excluding hydrogens is 364 g/mol. The number of nitro benzene ring substituents is 1. The van der Waals surface area contributed by atoms with Gasteiger partial charge in [-0.1, -0.05) is 0 Å². The Balaban J connectivity index is 1.44. The smallest absolute Gasteiger partial charge is 0.407 e. The molecule has 1 saturated heterocycles. The van der Waals surface area contributed by atoms with Crippen LogP contribution in [0.5, 0.6) is 0 Å². The minimum atomic E-state index is -0.571. The maximum atomic E-state index is 12.0. The second kappa shape index (κ2) is 9.01. The van der Waals surface area contributed by atoms with Crippen molar-refractivity contribution in [3.8, 4) is 0 Å². The van der Waals surface area contributed by atoms with E-state index >= 15 is 0 Å². The summed E-state index contributed by atoms with van der Waals surface area (Å²) < 4.78 is 6.49. The fourth-order valence-electron chi connectivity index (χ4n) is 3.63. The lowest BCUT2D eigenvalue weighted by molar-refractivity contribution is -0.384. The van der Waals surface area contributed by atoms with Gasteiger partial charge in [-0.15, -0.1) is 0 Å². The summed E-state index contributed by atoms with van der Waals surface area (Å²) in [5.74, 6) is 0.0824. The molecule has 1 aliphatic heterocycles. The monoisotopic (exact) mass is 390 g/mol. The van der Waals surface area contributed by atoms with Crippen molar-refractivity contribution in [1.29, 1.82) is 0 Å². The first-order valence-electron chi connectivity index (χ1n) is 9.67. The first kappa shape index (κ1) is 20.1. The van der Waals surface area contributed by atoms with E-state index in [1.165, 1.54) is 35.6 Å². The van der Waals surface area contributed by atoms with E-state index in [-0.39, 0.29) is 17.2 Å². The Hall–Kier alpha value is -2.68. The molecule has 0 saturated carbocycles. The molecule has 2 aromatic rings. The zero-order chi connectivity index (χ0) is 20.1. The highest BCUT2D eigenvalue weighted by Gasteiger charge is 2.17. The fraction of sp³-hybridized carbons (Fsp3) is 0.579. The third-order valence-electron chi connectivity index (χ3n) is 5.36. The lowest BCUT2D eigenvalue weighted by Crippen LogP contribution is -2.32. The molecule has 0 aliphatic carbocycles. The molecule has 0 atom stereocenters.